The molecule has 4 fully saturated rings. The summed E-state index contributed by atoms with van der Waals surface area (Å²) in [6.07, 6.45) is 2.35. The van der Waals surface area contributed by atoms with E-state index in [4.69, 9.17) is 18.9 Å². The van der Waals surface area contributed by atoms with Crippen molar-refractivity contribution < 1.29 is 42.9 Å². The highest BCUT2D eigenvalue weighted by Gasteiger charge is 3.20. The molecule has 7 aliphatic carbocycles. The Kier molecular flexibility index (Phi) is 3.76. The van der Waals surface area contributed by atoms with E-state index in [-0.39, 0.29) is 16.7 Å². The van der Waals surface area contributed by atoms with Crippen LogP contribution < -0.4 is 0 Å². The number of aldehydes is 1. The lowest BCUT2D eigenvalue weighted by molar-refractivity contribution is -0.163. The van der Waals surface area contributed by atoms with E-state index in [1.807, 2.05) is 27.7 Å². The van der Waals surface area contributed by atoms with Crippen LogP contribution in [0, 0.1) is 44.3 Å². The summed E-state index contributed by atoms with van der Waals surface area (Å²) in [5.74, 6) is -3.75. The summed E-state index contributed by atoms with van der Waals surface area (Å²) in [5, 5.41) is 0. The zero-order valence-corrected chi connectivity index (χ0v) is 21.5. The van der Waals surface area contributed by atoms with Crippen LogP contribution in [0.5, 0.6) is 0 Å². The molecule has 9 nitrogen and oxygen atoms in total. The molecule has 0 radical (unpaired) electrons. The van der Waals surface area contributed by atoms with Crippen LogP contribution in [0.25, 0.3) is 0 Å². The average Bonchev–Trinajstić information content (AvgIpc) is 3.56. The molecule has 0 aromatic carbocycles. The molecule has 0 saturated heterocycles. The first-order chi connectivity index (χ1) is 16.9. The molecule has 6 unspecified atom stereocenters. The third-order valence-corrected chi connectivity index (χ3v) is 11.5. The van der Waals surface area contributed by atoms with E-state index in [0.29, 0.717) is 11.9 Å². The first-order valence-electron chi connectivity index (χ1n) is 11.8. The van der Waals surface area contributed by atoms with Crippen molar-refractivity contribution in [3.05, 3.63) is 33.9 Å². The predicted octanol–water partition coefficient (Wildman–Crippen LogP) is 1.71. The van der Waals surface area contributed by atoms with Gasteiger partial charge in [-0.25, -0.2) is 9.59 Å². The van der Waals surface area contributed by atoms with E-state index in [9.17, 15) is 24.0 Å². The number of allylic oxidation sites excluding steroid dienone is 3. The number of hydrogen-bond acceptors (Lipinski definition) is 9. The summed E-state index contributed by atoms with van der Waals surface area (Å²) < 4.78 is 21.2. The number of esters is 4. The highest BCUT2D eigenvalue weighted by molar-refractivity contribution is 6.13. The summed E-state index contributed by atoms with van der Waals surface area (Å²) in [4.78, 5) is 67.4. The Morgan fingerprint density at radius 2 is 1.28 bits per heavy atom. The Morgan fingerprint density at radius 3 is 1.67 bits per heavy atom. The molecule has 0 amide bonds. The summed E-state index contributed by atoms with van der Waals surface area (Å²) >= 11 is 0. The van der Waals surface area contributed by atoms with Crippen LogP contribution in [0.4, 0.5) is 0 Å². The molecule has 190 valence electrons. The Morgan fingerprint density at radius 1 is 0.806 bits per heavy atom. The molecule has 9 heteroatoms. The SMILES string of the molecule is COC(=O)C1=C(C(=O)OC)C2(C)C3C4(C)C5(C(C)=CC(C=O)=C15)C1(C)C2C1(C(=O)OC)C34C(=O)OC. The van der Waals surface area contributed by atoms with Crippen molar-refractivity contribution in [1.29, 1.82) is 0 Å². The Balaban J connectivity index is 1.89. The van der Waals surface area contributed by atoms with Crippen molar-refractivity contribution in [3.63, 3.8) is 0 Å². The normalized spacial score (nSPS) is 47.5. The maximum absolute atomic E-state index is 13.9. The maximum Gasteiger partial charge on any atom is 0.338 e. The van der Waals surface area contributed by atoms with Crippen LogP contribution in [0.2, 0.25) is 0 Å². The van der Waals surface area contributed by atoms with E-state index in [1.165, 1.54) is 28.4 Å². The van der Waals surface area contributed by atoms with Gasteiger partial charge in [0.15, 0.2) is 0 Å². The van der Waals surface area contributed by atoms with Gasteiger partial charge in [0.05, 0.1) is 50.4 Å². The predicted molar refractivity (Wildman–Crippen MR) is 121 cm³/mol. The second kappa shape index (κ2) is 5.84. The van der Waals surface area contributed by atoms with Gasteiger partial charge >= 0.3 is 23.9 Å². The highest BCUT2D eigenvalue weighted by atomic mass is 16.5. The van der Waals surface area contributed by atoms with Gasteiger partial charge in [-0.05, 0) is 24.3 Å². The molecule has 0 N–H and O–H groups in total. The summed E-state index contributed by atoms with van der Waals surface area (Å²) in [6, 6.07) is 0. The maximum atomic E-state index is 13.9. The fourth-order valence-electron chi connectivity index (χ4n) is 11.6. The number of methoxy groups -OCH3 is 4. The zero-order valence-electron chi connectivity index (χ0n) is 21.5. The first-order valence-corrected chi connectivity index (χ1v) is 11.8. The van der Waals surface area contributed by atoms with Gasteiger partial charge in [0.2, 0.25) is 0 Å². The molecule has 1 spiro atoms. The third kappa shape index (κ3) is 1.44. The van der Waals surface area contributed by atoms with Crippen molar-refractivity contribution >= 4 is 30.2 Å². The van der Waals surface area contributed by atoms with E-state index in [2.05, 4.69) is 0 Å². The van der Waals surface area contributed by atoms with Crippen LogP contribution in [-0.4, -0.2) is 58.6 Å². The molecule has 36 heavy (non-hydrogen) atoms. The molecule has 7 aliphatic rings. The summed E-state index contributed by atoms with van der Waals surface area (Å²) in [5.41, 5.74) is -5.47. The van der Waals surface area contributed by atoms with Gasteiger partial charge in [0, 0.05) is 27.2 Å². The number of ether oxygens (including phenoxy) is 4. The average molecular weight is 497 g/mol. The van der Waals surface area contributed by atoms with E-state index < -0.39 is 68.2 Å². The number of hydrogen-bond donors (Lipinski definition) is 0. The highest BCUT2D eigenvalue weighted by Crippen LogP contribution is 3.16. The van der Waals surface area contributed by atoms with Gasteiger partial charge < -0.3 is 18.9 Å². The fraction of sp³-hybridized carbons (Fsp3) is 0.593. The molecule has 0 heterocycles. The largest absolute Gasteiger partial charge is 0.469 e. The van der Waals surface area contributed by atoms with Gasteiger partial charge in [0.1, 0.15) is 6.29 Å². The van der Waals surface area contributed by atoms with Crippen molar-refractivity contribution in [1.82, 2.24) is 0 Å². The molecule has 4 saturated carbocycles. The zero-order chi connectivity index (χ0) is 26.6. The van der Waals surface area contributed by atoms with Gasteiger partial charge in [-0.1, -0.05) is 32.4 Å². The standard InChI is InChI=1S/C27H28O9/c1-11-9-12(10-28)14-13(16(29)33-5)15(17(30)34-6)22(2)18-23(3)25(11,14)24(4)19(22)27(24,21(32)36-8)26(18,23)20(31)35-7/h9-10,18-19H,1-8H3. The van der Waals surface area contributed by atoms with Gasteiger partial charge in [0.25, 0.3) is 0 Å². The van der Waals surface area contributed by atoms with Gasteiger partial charge in [-0.15, -0.1) is 0 Å². The molecular formula is C27H28O9. The monoisotopic (exact) mass is 496 g/mol. The number of carbonyl (C=O) groups is 5. The number of rotatable bonds is 5. The van der Waals surface area contributed by atoms with Crippen molar-refractivity contribution in [2.24, 2.45) is 44.3 Å². The molecular weight excluding hydrogens is 468 g/mol. The topological polar surface area (TPSA) is 122 Å². The molecule has 0 aliphatic heterocycles. The lowest BCUT2D eigenvalue weighted by Crippen LogP contribution is -2.48. The van der Waals surface area contributed by atoms with Crippen LogP contribution in [0.15, 0.2) is 33.9 Å². The second-order valence-corrected chi connectivity index (χ2v) is 11.4. The van der Waals surface area contributed by atoms with Gasteiger partial charge in [-0.3, -0.25) is 14.4 Å². The Bertz CT molecular complexity index is 1310. The van der Waals surface area contributed by atoms with Crippen LogP contribution in [-0.2, 0) is 42.9 Å². The summed E-state index contributed by atoms with van der Waals surface area (Å²) in [6.45, 7) is 7.52. The molecule has 7 rings (SSSR count). The molecule has 0 aromatic heterocycles. The van der Waals surface area contributed by atoms with Crippen LogP contribution in [0.1, 0.15) is 27.7 Å². The fourth-order valence-corrected chi connectivity index (χ4v) is 11.6. The van der Waals surface area contributed by atoms with Crippen molar-refractivity contribution in [3.8, 4) is 0 Å². The number of carbonyl (C=O) groups excluding carboxylic acids is 5. The minimum atomic E-state index is -1.32. The molecule has 0 aromatic rings. The molecule has 6 atom stereocenters. The minimum Gasteiger partial charge on any atom is -0.469 e. The van der Waals surface area contributed by atoms with E-state index in [1.54, 1.807) is 6.08 Å². The van der Waals surface area contributed by atoms with Crippen LogP contribution in [0.3, 0.4) is 0 Å². The Hall–Kier alpha value is -3.23. The molecule has 2 bridgehead atoms. The van der Waals surface area contributed by atoms with Crippen LogP contribution >= 0.6 is 0 Å². The van der Waals surface area contributed by atoms with E-state index >= 15 is 0 Å². The van der Waals surface area contributed by atoms with Gasteiger partial charge in [-0.2, -0.15) is 0 Å². The lowest BCUT2D eigenvalue weighted by Gasteiger charge is -2.50. The summed E-state index contributed by atoms with van der Waals surface area (Å²) in [7, 11) is 5.00. The third-order valence-electron chi connectivity index (χ3n) is 11.5. The minimum absolute atomic E-state index is 0.0108. The Labute approximate surface area is 207 Å². The second-order valence-electron chi connectivity index (χ2n) is 11.4. The lowest BCUT2D eigenvalue weighted by atomic mass is 9.51. The van der Waals surface area contributed by atoms with Crippen molar-refractivity contribution in [2.45, 2.75) is 27.7 Å². The van der Waals surface area contributed by atoms with E-state index in [0.717, 1.165) is 5.57 Å². The quantitative estimate of drug-likeness (QED) is 0.318. The van der Waals surface area contributed by atoms with Crippen molar-refractivity contribution in [2.75, 3.05) is 28.4 Å². The smallest absolute Gasteiger partial charge is 0.338 e. The first kappa shape index (κ1) is 23.2.